The first kappa shape index (κ1) is 29.7. The van der Waals surface area contributed by atoms with E-state index in [4.69, 9.17) is 20.5 Å². The summed E-state index contributed by atoms with van der Waals surface area (Å²) in [6.45, 7) is 3.33. The van der Waals surface area contributed by atoms with E-state index < -0.39 is 21.3 Å². The Kier molecular flexibility index (Phi) is 9.24. The molecule has 1 aliphatic rings. The molecule has 3 aromatic rings. The van der Waals surface area contributed by atoms with E-state index in [9.17, 15) is 22.8 Å². The molecule has 0 atom stereocenters. The van der Waals surface area contributed by atoms with Crippen LogP contribution < -0.4 is 14.2 Å². The molecule has 1 N–H and O–H groups in total. The van der Waals surface area contributed by atoms with Gasteiger partial charge in [0.15, 0.2) is 5.75 Å². The van der Waals surface area contributed by atoms with Crippen molar-refractivity contribution in [2.75, 3.05) is 11.9 Å². The van der Waals surface area contributed by atoms with Crippen LogP contribution in [0.15, 0.2) is 74.9 Å². The van der Waals surface area contributed by atoms with Crippen molar-refractivity contribution in [1.82, 2.24) is 4.90 Å². The average Bonchev–Trinajstić information content (AvgIpc) is 3.14. The van der Waals surface area contributed by atoms with Gasteiger partial charge in [-0.1, -0.05) is 39.7 Å². The zero-order valence-electron chi connectivity index (χ0n) is 21.1. The second kappa shape index (κ2) is 12.5. The summed E-state index contributed by atoms with van der Waals surface area (Å²) in [5.41, 5.74) is 1.62. The fraction of sp³-hybridized carbons (Fsp3) is 0.148. The fourth-order valence-corrected chi connectivity index (χ4v) is 6.00. The molecule has 0 aromatic heterocycles. The number of nitrogens with zero attached hydrogens (tertiary/aromatic N) is 1. The molecule has 0 unspecified atom stereocenters. The van der Waals surface area contributed by atoms with Crippen molar-refractivity contribution in [1.29, 1.82) is 0 Å². The molecule has 3 amide bonds. The first-order valence-corrected chi connectivity index (χ1v) is 15.1. The van der Waals surface area contributed by atoms with E-state index in [2.05, 4.69) is 21.2 Å². The van der Waals surface area contributed by atoms with Crippen LogP contribution in [0, 0.1) is 0 Å². The van der Waals surface area contributed by atoms with Crippen LogP contribution in [0.4, 0.5) is 10.5 Å². The van der Waals surface area contributed by atoms with E-state index in [-0.39, 0.29) is 45.4 Å². The molecule has 3 aromatic carbocycles. The van der Waals surface area contributed by atoms with Crippen LogP contribution in [0.25, 0.3) is 6.08 Å². The number of imide groups is 1. The van der Waals surface area contributed by atoms with Gasteiger partial charge in [-0.15, -0.1) is 0 Å². The highest BCUT2D eigenvalue weighted by molar-refractivity contribution is 9.10. The minimum Gasteiger partial charge on any atom is -0.490 e. The van der Waals surface area contributed by atoms with Crippen molar-refractivity contribution in [3.63, 3.8) is 0 Å². The number of benzene rings is 3. The zero-order chi connectivity index (χ0) is 29.0. The summed E-state index contributed by atoms with van der Waals surface area (Å²) in [6, 6.07) is 15.6. The second-order valence-electron chi connectivity index (χ2n) is 8.40. The summed E-state index contributed by atoms with van der Waals surface area (Å²) in [5.74, 6) is -0.948. The number of carbonyl (C=O) groups excluding carboxylic acids is 3. The molecule has 9 nitrogen and oxygen atoms in total. The molecule has 0 saturated carbocycles. The minimum absolute atomic E-state index is 0.0359. The number of anilines is 1. The third-order valence-electron chi connectivity index (χ3n) is 5.41. The Balaban J connectivity index is 1.58. The maximum absolute atomic E-state index is 13.0. The average molecular weight is 666 g/mol. The van der Waals surface area contributed by atoms with Crippen LogP contribution in [0.5, 0.6) is 11.5 Å². The molecule has 0 bridgehead atoms. The summed E-state index contributed by atoms with van der Waals surface area (Å²) < 4.78 is 37.8. The van der Waals surface area contributed by atoms with Crippen molar-refractivity contribution in [2.24, 2.45) is 0 Å². The Morgan fingerprint density at radius 1 is 1.10 bits per heavy atom. The van der Waals surface area contributed by atoms with E-state index in [1.807, 2.05) is 24.3 Å². The Bertz CT molecular complexity index is 1610. The van der Waals surface area contributed by atoms with Gasteiger partial charge in [0.1, 0.15) is 4.90 Å². The van der Waals surface area contributed by atoms with Gasteiger partial charge >= 0.3 is 10.1 Å². The molecule has 0 radical (unpaired) electrons. The van der Waals surface area contributed by atoms with Gasteiger partial charge in [-0.05, 0) is 84.4 Å². The minimum atomic E-state index is -4.32. The number of nitrogens with one attached hydrogen (secondary N) is 1. The normalized spacial score (nSPS) is 14.5. The Morgan fingerprint density at radius 3 is 2.40 bits per heavy atom. The number of rotatable bonds is 9. The highest BCUT2D eigenvalue weighted by atomic mass is 79.9. The highest BCUT2D eigenvalue weighted by Gasteiger charge is 2.35. The summed E-state index contributed by atoms with van der Waals surface area (Å²) >= 11 is 10.6. The lowest BCUT2D eigenvalue weighted by Gasteiger charge is -2.15. The van der Waals surface area contributed by atoms with Gasteiger partial charge < -0.3 is 14.2 Å². The van der Waals surface area contributed by atoms with Crippen molar-refractivity contribution in [2.45, 2.75) is 25.3 Å². The molecule has 1 heterocycles. The topological polar surface area (TPSA) is 119 Å². The summed E-state index contributed by atoms with van der Waals surface area (Å²) in [4.78, 5) is 37.9. The molecule has 13 heteroatoms. The van der Waals surface area contributed by atoms with Gasteiger partial charge in [-0.2, -0.15) is 8.42 Å². The van der Waals surface area contributed by atoms with Crippen LogP contribution in [-0.2, 0) is 26.3 Å². The number of ether oxygens (including phenoxy) is 1. The lowest BCUT2D eigenvalue weighted by Crippen LogP contribution is -2.27. The molecule has 4 rings (SSSR count). The van der Waals surface area contributed by atoms with E-state index in [0.29, 0.717) is 11.3 Å². The number of carbonyl (C=O) groups is 3. The SMILES string of the molecule is CCOc1cc(/C=C2\SC(=O)N(Cc3ccc(Br)cc3)C2=O)cc(Cl)c1OS(=O)(=O)c1ccc(NC(C)=O)cc1. The third kappa shape index (κ3) is 7.05. The van der Waals surface area contributed by atoms with Crippen molar-refractivity contribution < 1.29 is 31.7 Å². The first-order valence-electron chi connectivity index (χ1n) is 11.7. The molecule has 1 aliphatic heterocycles. The van der Waals surface area contributed by atoms with Crippen molar-refractivity contribution in [3.05, 3.63) is 86.2 Å². The fourth-order valence-electron chi connectivity index (χ4n) is 3.64. The van der Waals surface area contributed by atoms with Gasteiger partial charge in [-0.3, -0.25) is 19.3 Å². The smallest absolute Gasteiger partial charge is 0.339 e. The van der Waals surface area contributed by atoms with Crippen molar-refractivity contribution >= 4 is 78.2 Å². The Hall–Kier alpha value is -3.32. The number of hydrogen-bond acceptors (Lipinski definition) is 8. The van der Waals surface area contributed by atoms with Crippen LogP contribution in [-0.4, -0.2) is 37.0 Å². The molecule has 1 fully saturated rings. The van der Waals surface area contributed by atoms with Crippen LogP contribution in [0.2, 0.25) is 5.02 Å². The van der Waals surface area contributed by atoms with Crippen molar-refractivity contribution in [3.8, 4) is 11.5 Å². The van der Waals surface area contributed by atoms with Gasteiger partial charge in [0.25, 0.3) is 11.1 Å². The van der Waals surface area contributed by atoms with Gasteiger partial charge in [0, 0.05) is 17.1 Å². The molecule has 0 spiro atoms. The molecule has 208 valence electrons. The summed E-state index contributed by atoms with van der Waals surface area (Å²) in [7, 11) is -4.32. The maximum atomic E-state index is 13.0. The predicted molar refractivity (Wildman–Crippen MR) is 157 cm³/mol. The Morgan fingerprint density at radius 2 is 1.77 bits per heavy atom. The molecular formula is C27H22BrClN2O7S2. The molecule has 0 aliphatic carbocycles. The standard InChI is InChI=1S/C27H22BrClN2O7S2/c1-3-37-23-13-18(14-24-26(33)31(27(34)39-24)15-17-4-6-19(28)7-5-17)12-22(29)25(23)38-40(35,36)21-10-8-20(9-11-21)30-16(2)32/h4-14H,3,15H2,1-2H3,(H,30,32)/b24-14-. The van der Waals surface area contributed by atoms with E-state index in [1.54, 1.807) is 6.92 Å². The maximum Gasteiger partial charge on any atom is 0.339 e. The monoisotopic (exact) mass is 664 g/mol. The first-order chi connectivity index (χ1) is 19.0. The number of thioether (sulfide) groups is 1. The number of halogens is 2. The van der Waals surface area contributed by atoms with Crippen LogP contribution >= 0.6 is 39.3 Å². The lowest BCUT2D eigenvalue weighted by atomic mass is 10.1. The Labute approximate surface area is 248 Å². The van der Waals surface area contributed by atoms with E-state index >= 15 is 0 Å². The molecule has 40 heavy (non-hydrogen) atoms. The van der Waals surface area contributed by atoms with E-state index in [1.165, 1.54) is 49.4 Å². The quantitative estimate of drug-likeness (QED) is 0.204. The van der Waals surface area contributed by atoms with Gasteiger partial charge in [0.05, 0.1) is 23.1 Å². The van der Waals surface area contributed by atoms with Crippen LogP contribution in [0.3, 0.4) is 0 Å². The van der Waals surface area contributed by atoms with Crippen LogP contribution in [0.1, 0.15) is 25.0 Å². The van der Waals surface area contributed by atoms with Gasteiger partial charge in [0.2, 0.25) is 11.7 Å². The second-order valence-corrected chi connectivity index (χ2v) is 12.3. The third-order valence-corrected chi connectivity index (χ3v) is 8.37. The number of hydrogen-bond donors (Lipinski definition) is 1. The largest absolute Gasteiger partial charge is 0.490 e. The molecule has 1 saturated heterocycles. The molecular weight excluding hydrogens is 644 g/mol. The van der Waals surface area contributed by atoms with E-state index in [0.717, 1.165) is 26.7 Å². The lowest BCUT2D eigenvalue weighted by molar-refractivity contribution is -0.123. The summed E-state index contributed by atoms with van der Waals surface area (Å²) in [5, 5.41) is 2.06. The number of amides is 3. The zero-order valence-corrected chi connectivity index (χ0v) is 25.1. The highest BCUT2D eigenvalue weighted by Crippen LogP contribution is 2.40. The predicted octanol–water partition coefficient (Wildman–Crippen LogP) is 6.46. The van der Waals surface area contributed by atoms with Gasteiger partial charge in [-0.25, -0.2) is 0 Å². The summed E-state index contributed by atoms with van der Waals surface area (Å²) in [6.07, 6.45) is 1.49.